The molecule has 0 bridgehead atoms. The van der Waals surface area contributed by atoms with Gasteiger partial charge in [0.15, 0.2) is 6.29 Å². The first-order valence-electron chi connectivity index (χ1n) is 2.73. The van der Waals surface area contributed by atoms with Crippen LogP contribution in [0.3, 0.4) is 0 Å². The monoisotopic (exact) mass is 144 g/mol. The third-order valence-corrected chi connectivity index (χ3v) is 1.18. The van der Waals surface area contributed by atoms with Crippen LogP contribution in [-0.2, 0) is 7.05 Å². The fourth-order valence-electron chi connectivity index (χ4n) is 0.642. The molecule has 0 fully saturated rings. The normalized spacial score (nSPS) is 10.8. The third kappa shape index (κ3) is 1.09. The molecule has 0 aliphatic heterocycles. The number of aromatic amines is 1. The van der Waals surface area contributed by atoms with Crippen molar-refractivity contribution < 1.29 is 10.2 Å². The molecule has 0 aliphatic rings. The number of aliphatic hydroxyl groups excluding tert-OH is 1. The van der Waals surface area contributed by atoms with Gasteiger partial charge in [-0.15, -0.1) is 0 Å². The highest BCUT2D eigenvalue weighted by Crippen LogP contribution is 2.00. The summed E-state index contributed by atoms with van der Waals surface area (Å²) in [7, 11) is 1.52. The summed E-state index contributed by atoms with van der Waals surface area (Å²) >= 11 is 0. The molecule has 5 nitrogen and oxygen atoms in total. The van der Waals surface area contributed by atoms with Crippen molar-refractivity contribution in [1.82, 2.24) is 9.55 Å². The van der Waals surface area contributed by atoms with E-state index in [9.17, 15) is 4.79 Å². The van der Waals surface area contributed by atoms with Crippen LogP contribution in [0.2, 0.25) is 0 Å². The van der Waals surface area contributed by atoms with Gasteiger partial charge in [-0.05, 0) is 0 Å². The fourth-order valence-corrected chi connectivity index (χ4v) is 0.642. The van der Waals surface area contributed by atoms with Crippen LogP contribution >= 0.6 is 0 Å². The van der Waals surface area contributed by atoms with E-state index < -0.39 is 6.29 Å². The molecule has 1 aromatic heterocycles. The summed E-state index contributed by atoms with van der Waals surface area (Å²) in [6.45, 7) is 0. The highest BCUT2D eigenvalue weighted by molar-refractivity contribution is 4.96. The summed E-state index contributed by atoms with van der Waals surface area (Å²) in [6.07, 6.45) is -0.276. The molecule has 0 amide bonds. The van der Waals surface area contributed by atoms with E-state index in [1.54, 1.807) is 0 Å². The zero-order chi connectivity index (χ0) is 7.72. The van der Waals surface area contributed by atoms with Crippen LogP contribution in [0.4, 0.5) is 0 Å². The number of aromatic nitrogens is 2. The minimum absolute atomic E-state index is 0.104. The summed E-state index contributed by atoms with van der Waals surface area (Å²) in [5, 5.41) is 17.1. The first-order chi connectivity index (χ1) is 4.61. The van der Waals surface area contributed by atoms with Crippen molar-refractivity contribution >= 4 is 0 Å². The average molecular weight is 144 g/mol. The van der Waals surface area contributed by atoms with Gasteiger partial charge in [-0.25, -0.2) is 4.79 Å². The molecule has 0 aromatic carbocycles. The van der Waals surface area contributed by atoms with E-state index in [4.69, 9.17) is 10.2 Å². The van der Waals surface area contributed by atoms with Crippen LogP contribution in [-0.4, -0.2) is 19.8 Å². The number of hydrogen-bond acceptors (Lipinski definition) is 3. The largest absolute Gasteiger partial charge is 0.363 e. The van der Waals surface area contributed by atoms with Crippen molar-refractivity contribution in [3.8, 4) is 0 Å². The maximum Gasteiger partial charge on any atom is 0.325 e. The lowest BCUT2D eigenvalue weighted by Gasteiger charge is -1.94. The molecule has 5 heteroatoms. The Hall–Kier alpha value is -1.07. The van der Waals surface area contributed by atoms with Crippen LogP contribution in [0, 0.1) is 0 Å². The summed E-state index contributed by atoms with van der Waals surface area (Å²) in [4.78, 5) is 12.9. The Morgan fingerprint density at radius 1 is 1.70 bits per heavy atom. The topological polar surface area (TPSA) is 78.2 Å². The Morgan fingerprint density at radius 2 is 2.30 bits per heavy atom. The van der Waals surface area contributed by atoms with Crippen molar-refractivity contribution in [3.05, 3.63) is 22.4 Å². The van der Waals surface area contributed by atoms with E-state index >= 15 is 0 Å². The lowest BCUT2D eigenvalue weighted by molar-refractivity contribution is -0.0456. The average Bonchev–Trinajstić information content (AvgIpc) is 2.13. The van der Waals surface area contributed by atoms with Crippen LogP contribution in [0.25, 0.3) is 0 Å². The SMILES string of the molecule is Cn1cc(C(O)O)[nH]c1=O. The minimum Gasteiger partial charge on any atom is -0.363 e. The van der Waals surface area contributed by atoms with E-state index in [0.717, 1.165) is 0 Å². The van der Waals surface area contributed by atoms with Gasteiger partial charge < -0.3 is 19.8 Å². The Labute approximate surface area is 56.6 Å². The number of imidazole rings is 1. The zero-order valence-corrected chi connectivity index (χ0v) is 5.40. The number of aliphatic hydroxyl groups is 2. The second kappa shape index (κ2) is 2.28. The molecule has 0 radical (unpaired) electrons. The van der Waals surface area contributed by atoms with Gasteiger partial charge in [-0.1, -0.05) is 0 Å². The van der Waals surface area contributed by atoms with E-state index in [0.29, 0.717) is 0 Å². The Bertz CT molecular complexity index is 273. The van der Waals surface area contributed by atoms with Gasteiger partial charge in [0, 0.05) is 13.2 Å². The van der Waals surface area contributed by atoms with E-state index in [1.165, 1.54) is 17.8 Å². The maximum atomic E-state index is 10.6. The molecule has 1 aromatic rings. The molecule has 0 saturated heterocycles. The summed E-state index contributed by atoms with van der Waals surface area (Å²) < 4.78 is 1.23. The van der Waals surface area contributed by atoms with Crippen molar-refractivity contribution in [2.24, 2.45) is 7.05 Å². The van der Waals surface area contributed by atoms with Crippen LogP contribution < -0.4 is 5.69 Å². The predicted molar refractivity (Wildman–Crippen MR) is 33.2 cm³/mol. The minimum atomic E-state index is -1.60. The Balaban J connectivity index is 3.10. The zero-order valence-electron chi connectivity index (χ0n) is 5.40. The molecular weight excluding hydrogens is 136 g/mol. The molecule has 1 heterocycles. The number of rotatable bonds is 1. The second-order valence-corrected chi connectivity index (χ2v) is 2.00. The third-order valence-electron chi connectivity index (χ3n) is 1.18. The van der Waals surface area contributed by atoms with Gasteiger partial charge >= 0.3 is 5.69 Å². The van der Waals surface area contributed by atoms with Crippen LogP contribution in [0.15, 0.2) is 11.0 Å². The standard InChI is InChI=1S/C5H8N2O3/c1-7-2-3(4(8)9)6-5(7)10/h2,4,8-9H,1H3,(H,6,10). The molecule has 10 heavy (non-hydrogen) atoms. The van der Waals surface area contributed by atoms with Crippen molar-refractivity contribution in [1.29, 1.82) is 0 Å². The lowest BCUT2D eigenvalue weighted by Crippen LogP contribution is -2.11. The van der Waals surface area contributed by atoms with Gasteiger partial charge in [0.1, 0.15) is 0 Å². The molecular formula is C5H8N2O3. The van der Waals surface area contributed by atoms with Crippen LogP contribution in [0.1, 0.15) is 12.0 Å². The predicted octanol–water partition coefficient (Wildman–Crippen LogP) is -1.30. The van der Waals surface area contributed by atoms with E-state index in [1.807, 2.05) is 0 Å². The number of H-pyrrole nitrogens is 1. The molecule has 56 valence electrons. The summed E-state index contributed by atoms with van der Waals surface area (Å²) in [6, 6.07) is 0. The van der Waals surface area contributed by atoms with Gasteiger partial charge in [0.05, 0.1) is 5.69 Å². The number of nitrogens with one attached hydrogen (secondary N) is 1. The summed E-state index contributed by atoms with van der Waals surface area (Å²) in [5.41, 5.74) is -0.254. The maximum absolute atomic E-state index is 10.6. The Morgan fingerprint density at radius 3 is 2.50 bits per heavy atom. The smallest absolute Gasteiger partial charge is 0.325 e. The van der Waals surface area contributed by atoms with Gasteiger partial charge in [0.2, 0.25) is 0 Å². The summed E-state index contributed by atoms with van der Waals surface area (Å²) in [5.74, 6) is 0. The van der Waals surface area contributed by atoms with Gasteiger partial charge in [0.25, 0.3) is 0 Å². The molecule has 0 atom stereocenters. The second-order valence-electron chi connectivity index (χ2n) is 2.00. The molecule has 0 aliphatic carbocycles. The fraction of sp³-hybridized carbons (Fsp3) is 0.400. The van der Waals surface area contributed by atoms with E-state index in [-0.39, 0.29) is 11.4 Å². The Kier molecular flexibility index (Phi) is 1.60. The van der Waals surface area contributed by atoms with Gasteiger partial charge in [-0.3, -0.25) is 0 Å². The number of hydrogen-bond donors (Lipinski definition) is 3. The highest BCUT2D eigenvalue weighted by Gasteiger charge is 2.05. The van der Waals surface area contributed by atoms with Crippen molar-refractivity contribution in [2.45, 2.75) is 6.29 Å². The molecule has 1 rings (SSSR count). The number of aryl methyl sites for hydroxylation is 1. The first-order valence-corrected chi connectivity index (χ1v) is 2.73. The molecule has 0 unspecified atom stereocenters. The number of nitrogens with zero attached hydrogens (tertiary/aromatic N) is 1. The quantitative estimate of drug-likeness (QED) is 0.428. The molecule has 0 saturated carbocycles. The van der Waals surface area contributed by atoms with Crippen LogP contribution in [0.5, 0.6) is 0 Å². The molecule has 3 N–H and O–H groups in total. The lowest BCUT2D eigenvalue weighted by atomic mass is 10.5. The van der Waals surface area contributed by atoms with E-state index in [2.05, 4.69) is 4.98 Å². The first kappa shape index (κ1) is 7.04. The highest BCUT2D eigenvalue weighted by atomic mass is 16.5. The van der Waals surface area contributed by atoms with Gasteiger partial charge in [-0.2, -0.15) is 0 Å². The van der Waals surface area contributed by atoms with Crippen molar-refractivity contribution in [3.63, 3.8) is 0 Å². The van der Waals surface area contributed by atoms with Crippen molar-refractivity contribution in [2.75, 3.05) is 0 Å². The molecule has 0 spiro atoms.